The molecule has 0 aromatic heterocycles. The first-order chi connectivity index (χ1) is 6.48. The van der Waals surface area contributed by atoms with Crippen LogP contribution in [-0.2, 0) is 10.4 Å². The lowest BCUT2D eigenvalue weighted by Gasteiger charge is -2.18. The Bertz CT molecular complexity index is 334. The van der Waals surface area contributed by atoms with Gasteiger partial charge in [-0.2, -0.15) is 0 Å². The van der Waals surface area contributed by atoms with Gasteiger partial charge in [-0.15, -0.1) is 0 Å². The van der Waals surface area contributed by atoms with Crippen molar-refractivity contribution >= 4 is 11.7 Å². The average molecular weight is 182 g/mol. The zero-order chi connectivity index (χ0) is 10.8. The van der Waals surface area contributed by atoms with Crippen molar-refractivity contribution in [3.05, 3.63) is 29.8 Å². The van der Waals surface area contributed by atoms with Gasteiger partial charge in [0.1, 0.15) is 0 Å². The topological polar surface area (TPSA) is 83.5 Å². The summed E-state index contributed by atoms with van der Waals surface area (Å²) >= 11 is 0. The van der Waals surface area contributed by atoms with Crippen LogP contribution in [-0.4, -0.2) is 16.2 Å². The molecule has 0 radical (unpaired) electrons. The lowest BCUT2D eigenvalue weighted by atomic mass is 9.96. The Morgan fingerprint density at radius 1 is 1.54 bits per heavy atom. The molecule has 13 heavy (non-hydrogen) atoms. The second-order valence-electron chi connectivity index (χ2n) is 2.95. The van der Waals surface area contributed by atoms with Crippen molar-refractivity contribution < 1.29 is 16.4 Å². The molecule has 0 spiro atoms. The number of carboxylic acid groups (broad SMARTS) is 1. The van der Waals surface area contributed by atoms with Crippen molar-refractivity contribution in [3.8, 4) is 0 Å². The number of hydrogen-bond acceptors (Lipinski definition) is 3. The van der Waals surface area contributed by atoms with Crippen LogP contribution in [0.5, 0.6) is 0 Å². The van der Waals surface area contributed by atoms with Gasteiger partial charge in [0.05, 0.1) is 0 Å². The number of anilines is 1. The number of benzene rings is 1. The van der Waals surface area contributed by atoms with E-state index in [9.17, 15) is 9.90 Å². The summed E-state index contributed by atoms with van der Waals surface area (Å²) in [7, 11) is 0. The molecule has 0 amide bonds. The predicted molar refractivity (Wildman–Crippen MR) is 48.1 cm³/mol. The molecule has 0 aliphatic rings. The molecule has 1 aromatic rings. The fourth-order valence-corrected chi connectivity index (χ4v) is 0.918. The highest BCUT2D eigenvalue weighted by molar-refractivity contribution is 5.78. The minimum atomic E-state index is -1.89. The van der Waals surface area contributed by atoms with Gasteiger partial charge in [0.2, 0.25) is 0 Å². The minimum absolute atomic E-state index is 0.281. The quantitative estimate of drug-likeness (QED) is 0.596. The van der Waals surface area contributed by atoms with Gasteiger partial charge in [-0.1, -0.05) is 12.1 Å². The van der Waals surface area contributed by atoms with Crippen LogP contribution in [0.3, 0.4) is 0 Å². The predicted octanol–water partition coefficient (Wildman–Crippen LogP) is 0.561. The second-order valence-corrected chi connectivity index (χ2v) is 2.95. The summed E-state index contributed by atoms with van der Waals surface area (Å²) in [6.45, 7) is 1.21. The van der Waals surface area contributed by atoms with E-state index in [1.165, 1.54) is 31.2 Å². The average Bonchev–Trinajstić information content (AvgIpc) is 2.17. The van der Waals surface area contributed by atoms with Crippen LogP contribution >= 0.6 is 0 Å². The highest BCUT2D eigenvalue weighted by Crippen LogP contribution is 2.21. The normalized spacial score (nSPS) is 15.7. The Kier molecular flexibility index (Phi) is 1.90. The maximum absolute atomic E-state index is 10.7. The van der Waals surface area contributed by atoms with Crippen molar-refractivity contribution in [2.75, 3.05) is 5.73 Å². The van der Waals surface area contributed by atoms with Crippen molar-refractivity contribution in [3.63, 3.8) is 0 Å². The molecule has 70 valence electrons. The lowest BCUT2D eigenvalue weighted by molar-refractivity contribution is -0.157. The smallest absolute Gasteiger partial charge is 0.340 e. The van der Waals surface area contributed by atoms with Crippen molar-refractivity contribution in [2.24, 2.45) is 0 Å². The Morgan fingerprint density at radius 2 is 2.08 bits per heavy atom. The third kappa shape index (κ3) is 1.78. The molecule has 4 N–H and O–H groups in total. The largest absolute Gasteiger partial charge is 0.479 e. The number of nitrogen functional groups attached to an aromatic ring is 1. The van der Waals surface area contributed by atoms with Gasteiger partial charge >= 0.3 is 5.97 Å². The molecule has 1 atom stereocenters. The molecule has 0 aliphatic heterocycles. The zero-order valence-corrected chi connectivity index (χ0v) is 7.11. The standard InChI is InChI=1S/C9H11NO3/c1-9(13,8(11)12)6-2-4-7(10)5-3-6/h2-5,13H,10H2,1H3,(H,11,12)/i/hD. The van der Waals surface area contributed by atoms with Gasteiger partial charge in [0, 0.05) is 5.69 Å². The first-order valence-corrected chi connectivity index (χ1v) is 3.72. The first-order valence-electron chi connectivity index (χ1n) is 4.22. The summed E-state index contributed by atoms with van der Waals surface area (Å²) in [5, 5.41) is 18.3. The van der Waals surface area contributed by atoms with E-state index in [1.54, 1.807) is 0 Å². The van der Waals surface area contributed by atoms with E-state index in [2.05, 4.69) is 5.73 Å². The number of nitrogens with two attached hydrogens (primary N) is 1. The van der Waals surface area contributed by atoms with E-state index in [0.29, 0.717) is 5.69 Å². The van der Waals surface area contributed by atoms with Gasteiger partial charge in [-0.05, 0) is 24.6 Å². The molecule has 1 aromatic carbocycles. The molecule has 0 bridgehead atoms. The Labute approximate surface area is 77.1 Å². The van der Waals surface area contributed by atoms with Crippen LogP contribution < -0.4 is 5.73 Å². The highest BCUT2D eigenvalue weighted by Gasteiger charge is 2.31. The number of carboxylic acids is 1. The lowest BCUT2D eigenvalue weighted by Crippen LogP contribution is -2.31. The second kappa shape index (κ2) is 3.06. The maximum Gasteiger partial charge on any atom is 0.340 e. The molecule has 0 aliphatic carbocycles. The number of carbonyl (C=O) groups is 1. The van der Waals surface area contributed by atoms with E-state index < -0.39 is 11.6 Å². The minimum Gasteiger partial charge on any atom is -0.479 e. The van der Waals surface area contributed by atoms with Crippen LogP contribution in [0.15, 0.2) is 24.3 Å². The molecule has 1 unspecified atom stereocenters. The molecule has 4 heteroatoms. The van der Waals surface area contributed by atoms with E-state index in [1.807, 2.05) is 0 Å². The van der Waals surface area contributed by atoms with E-state index in [4.69, 9.17) is 6.52 Å². The molecular formula is C9H11NO3. The van der Waals surface area contributed by atoms with Crippen LogP contribution in [0.25, 0.3) is 0 Å². The summed E-state index contributed by atoms with van der Waals surface area (Å²) in [6.07, 6.45) is 0. The summed E-state index contributed by atoms with van der Waals surface area (Å²) in [5.74, 6) is -1.30. The number of rotatable bonds is 3. The Hall–Kier alpha value is -1.55. The van der Waals surface area contributed by atoms with E-state index >= 15 is 0 Å². The highest BCUT2D eigenvalue weighted by atomic mass is 16.4. The fraction of sp³-hybridized carbons (Fsp3) is 0.222. The number of aliphatic carboxylic acids is 1. The Balaban J connectivity index is 3.02. The summed E-state index contributed by atoms with van der Waals surface area (Å²) in [6, 6.07) is 5.98. The van der Waals surface area contributed by atoms with Gasteiger partial charge < -0.3 is 15.9 Å². The summed E-state index contributed by atoms with van der Waals surface area (Å²) in [4.78, 5) is 10.7. The zero-order valence-electron chi connectivity index (χ0n) is 8.11. The van der Waals surface area contributed by atoms with Crippen LogP contribution in [0.2, 0.25) is 1.41 Å². The van der Waals surface area contributed by atoms with Gasteiger partial charge in [0.25, 0.3) is 0 Å². The molecular weight excluding hydrogens is 170 g/mol. The van der Waals surface area contributed by atoms with Crippen molar-refractivity contribution in [1.82, 2.24) is 0 Å². The van der Waals surface area contributed by atoms with Crippen molar-refractivity contribution in [1.29, 1.82) is 0 Å². The van der Waals surface area contributed by atoms with Crippen LogP contribution in [0.1, 0.15) is 12.5 Å². The third-order valence-corrected chi connectivity index (χ3v) is 1.86. The first kappa shape index (κ1) is 8.07. The molecule has 0 heterocycles. The summed E-state index contributed by atoms with van der Waals surface area (Å²) < 4.78 is 6.83. The Morgan fingerprint density at radius 3 is 2.46 bits per heavy atom. The maximum atomic E-state index is 10.7. The van der Waals surface area contributed by atoms with Gasteiger partial charge in [-0.3, -0.25) is 0 Å². The molecule has 4 nitrogen and oxygen atoms in total. The van der Waals surface area contributed by atoms with Crippen LogP contribution in [0.4, 0.5) is 5.69 Å². The fourth-order valence-electron chi connectivity index (χ4n) is 0.918. The van der Waals surface area contributed by atoms with E-state index in [0.717, 1.165) is 0 Å². The number of hydrogen-bond donors (Lipinski definition) is 3. The van der Waals surface area contributed by atoms with E-state index in [-0.39, 0.29) is 5.56 Å². The molecule has 1 rings (SSSR count). The SMILES string of the molecule is [2H]Nc1ccc(C(C)(O)C(=O)O)cc1. The van der Waals surface area contributed by atoms with Crippen LogP contribution in [0, 0.1) is 0 Å². The molecule has 0 saturated carbocycles. The summed E-state index contributed by atoms with van der Waals surface area (Å²) in [5.41, 5.74) is 1.09. The third-order valence-electron chi connectivity index (χ3n) is 1.86. The van der Waals surface area contributed by atoms with Gasteiger partial charge in [-0.25, -0.2) is 4.79 Å². The molecule has 0 fully saturated rings. The van der Waals surface area contributed by atoms with Crippen molar-refractivity contribution in [2.45, 2.75) is 12.5 Å². The number of aliphatic hydroxyl groups is 1. The monoisotopic (exact) mass is 182 g/mol. The van der Waals surface area contributed by atoms with Gasteiger partial charge in [0.15, 0.2) is 7.01 Å². The molecule has 0 saturated heterocycles.